The number of benzene rings is 1. The molecule has 1 aromatic carbocycles. The molecule has 4 rings (SSSR count). The van der Waals surface area contributed by atoms with Crippen molar-refractivity contribution in [2.24, 2.45) is 0 Å². The first-order valence-corrected chi connectivity index (χ1v) is 11.3. The van der Waals surface area contributed by atoms with Gasteiger partial charge in [0.25, 0.3) is 5.91 Å². The van der Waals surface area contributed by atoms with E-state index in [1.165, 1.54) is 23.5 Å². The summed E-state index contributed by atoms with van der Waals surface area (Å²) in [5.74, 6) is -0.714. The fraction of sp³-hybridized carbons (Fsp3) is 0.0870. The quantitative estimate of drug-likeness (QED) is 0.461. The summed E-state index contributed by atoms with van der Waals surface area (Å²) in [6.07, 6.45) is 3.62. The molecular formula is C23H16F3N3O2S2. The minimum Gasteiger partial charge on any atom is -0.348 e. The van der Waals surface area contributed by atoms with E-state index in [0.717, 1.165) is 39.9 Å². The van der Waals surface area contributed by atoms with Crippen LogP contribution in [0.5, 0.6) is 0 Å². The number of nitrogens with one attached hydrogen (secondary N) is 2. The van der Waals surface area contributed by atoms with Gasteiger partial charge in [0.2, 0.25) is 5.91 Å². The van der Waals surface area contributed by atoms with Gasteiger partial charge in [0.1, 0.15) is 0 Å². The number of hydrogen-bond donors (Lipinski definition) is 2. The fourth-order valence-corrected chi connectivity index (χ4v) is 4.73. The van der Waals surface area contributed by atoms with Crippen LogP contribution in [0.3, 0.4) is 0 Å². The molecule has 0 unspecified atom stereocenters. The first-order chi connectivity index (χ1) is 15.8. The molecule has 3 heterocycles. The number of alkyl halides is 3. The van der Waals surface area contributed by atoms with Crippen molar-refractivity contribution in [3.63, 3.8) is 0 Å². The highest BCUT2D eigenvalue weighted by Crippen LogP contribution is 2.42. The Morgan fingerprint density at radius 2 is 2.06 bits per heavy atom. The molecule has 5 nitrogen and oxygen atoms in total. The van der Waals surface area contributed by atoms with Gasteiger partial charge < -0.3 is 10.6 Å². The Labute approximate surface area is 195 Å². The van der Waals surface area contributed by atoms with E-state index in [9.17, 15) is 22.8 Å². The van der Waals surface area contributed by atoms with Crippen molar-refractivity contribution >= 4 is 52.8 Å². The van der Waals surface area contributed by atoms with Crippen LogP contribution in [0.2, 0.25) is 0 Å². The van der Waals surface area contributed by atoms with Crippen LogP contribution < -0.4 is 10.6 Å². The van der Waals surface area contributed by atoms with Crippen LogP contribution in [-0.4, -0.2) is 16.8 Å². The maximum Gasteiger partial charge on any atom is 0.416 e. The second-order valence-corrected chi connectivity index (χ2v) is 8.99. The summed E-state index contributed by atoms with van der Waals surface area (Å²) in [7, 11) is 0. The average Bonchev–Trinajstić information content (AvgIpc) is 3.24. The largest absolute Gasteiger partial charge is 0.416 e. The van der Waals surface area contributed by atoms with Crippen molar-refractivity contribution in [3.8, 4) is 0 Å². The molecule has 0 atom stereocenters. The molecule has 2 aromatic heterocycles. The highest BCUT2D eigenvalue weighted by atomic mass is 32.2. The van der Waals surface area contributed by atoms with E-state index in [1.807, 2.05) is 17.5 Å². The van der Waals surface area contributed by atoms with Crippen molar-refractivity contribution in [2.75, 3.05) is 5.32 Å². The number of pyridine rings is 1. The maximum atomic E-state index is 12.9. The Morgan fingerprint density at radius 1 is 1.21 bits per heavy atom. The number of amides is 2. The van der Waals surface area contributed by atoms with E-state index in [0.29, 0.717) is 16.3 Å². The number of hydrogen-bond acceptors (Lipinski definition) is 5. The molecule has 0 aliphatic carbocycles. The highest BCUT2D eigenvalue weighted by molar-refractivity contribution is 8.04. The first-order valence-electron chi connectivity index (χ1n) is 9.63. The third-order valence-corrected chi connectivity index (χ3v) is 6.53. The SMILES string of the molecule is O=C(/C=C/c1csc(C=C2Sc3ccc(C(F)(F)F)cc3NC2=O)c1)NCc1cccnc1. The molecule has 0 radical (unpaired) electrons. The molecule has 0 spiro atoms. The van der Waals surface area contributed by atoms with Crippen molar-refractivity contribution in [2.45, 2.75) is 17.6 Å². The second-order valence-electron chi connectivity index (χ2n) is 6.97. The summed E-state index contributed by atoms with van der Waals surface area (Å²) < 4.78 is 38.7. The van der Waals surface area contributed by atoms with E-state index in [-0.39, 0.29) is 11.6 Å². The van der Waals surface area contributed by atoms with Gasteiger partial charge in [0.05, 0.1) is 16.2 Å². The zero-order valence-electron chi connectivity index (χ0n) is 16.8. The molecule has 168 valence electrons. The number of anilines is 1. The van der Waals surface area contributed by atoms with Crippen LogP contribution in [0.25, 0.3) is 12.2 Å². The minimum absolute atomic E-state index is 0.143. The Morgan fingerprint density at radius 3 is 2.82 bits per heavy atom. The van der Waals surface area contributed by atoms with Crippen LogP contribution in [0.4, 0.5) is 18.9 Å². The normalized spacial score (nSPS) is 14.9. The van der Waals surface area contributed by atoms with E-state index < -0.39 is 17.6 Å². The summed E-state index contributed by atoms with van der Waals surface area (Å²) in [5.41, 5.74) is 1.01. The van der Waals surface area contributed by atoms with E-state index in [4.69, 9.17) is 0 Å². The molecule has 0 saturated heterocycles. The molecule has 0 saturated carbocycles. The molecular weight excluding hydrogens is 471 g/mol. The van der Waals surface area contributed by atoms with Gasteiger partial charge in [-0.1, -0.05) is 17.8 Å². The molecule has 33 heavy (non-hydrogen) atoms. The van der Waals surface area contributed by atoms with Crippen LogP contribution in [0.1, 0.15) is 21.6 Å². The van der Waals surface area contributed by atoms with Gasteiger partial charge >= 0.3 is 6.18 Å². The first kappa shape index (κ1) is 22.8. The highest BCUT2D eigenvalue weighted by Gasteiger charge is 2.32. The monoisotopic (exact) mass is 487 g/mol. The van der Waals surface area contributed by atoms with Gasteiger partial charge in [-0.15, -0.1) is 11.3 Å². The second kappa shape index (κ2) is 9.63. The number of aromatic nitrogens is 1. The van der Waals surface area contributed by atoms with E-state index >= 15 is 0 Å². The third kappa shape index (κ3) is 5.91. The molecule has 0 fully saturated rings. The molecule has 1 aliphatic heterocycles. The van der Waals surface area contributed by atoms with Crippen LogP contribution in [0.15, 0.2) is 70.0 Å². The van der Waals surface area contributed by atoms with Crippen molar-refractivity contribution in [3.05, 3.63) is 86.7 Å². The fourth-order valence-electron chi connectivity index (χ4n) is 2.92. The lowest BCUT2D eigenvalue weighted by Gasteiger charge is -2.20. The molecule has 0 bridgehead atoms. The maximum absolute atomic E-state index is 12.9. The average molecular weight is 488 g/mol. The summed E-state index contributed by atoms with van der Waals surface area (Å²) in [4.78, 5) is 30.1. The lowest BCUT2D eigenvalue weighted by molar-refractivity contribution is -0.137. The van der Waals surface area contributed by atoms with Crippen molar-refractivity contribution in [1.82, 2.24) is 10.3 Å². The summed E-state index contributed by atoms with van der Waals surface area (Å²) in [6.45, 7) is 0.371. The predicted octanol–water partition coefficient (Wildman–Crippen LogP) is 5.58. The lowest BCUT2D eigenvalue weighted by atomic mass is 10.2. The van der Waals surface area contributed by atoms with Crippen molar-refractivity contribution < 1.29 is 22.8 Å². The zero-order valence-corrected chi connectivity index (χ0v) is 18.5. The Hall–Kier alpha value is -3.37. The molecule has 3 aromatic rings. The number of carbonyl (C=O) groups is 2. The van der Waals surface area contributed by atoms with Crippen LogP contribution in [0, 0.1) is 0 Å². The summed E-state index contributed by atoms with van der Waals surface area (Å²) in [5, 5.41) is 7.13. The van der Waals surface area contributed by atoms with E-state index in [2.05, 4.69) is 15.6 Å². The number of rotatable bonds is 5. The van der Waals surface area contributed by atoms with Crippen LogP contribution >= 0.6 is 23.1 Å². The Bertz CT molecular complexity index is 1250. The van der Waals surface area contributed by atoms with Gasteiger partial charge in [-0.25, -0.2) is 0 Å². The molecule has 2 N–H and O–H groups in total. The molecule has 2 amide bonds. The van der Waals surface area contributed by atoms with Crippen LogP contribution in [-0.2, 0) is 22.3 Å². The number of thioether (sulfide) groups is 1. The Balaban J connectivity index is 1.40. The van der Waals surface area contributed by atoms with Crippen molar-refractivity contribution in [1.29, 1.82) is 0 Å². The minimum atomic E-state index is -4.48. The van der Waals surface area contributed by atoms with Gasteiger partial charge in [0, 0.05) is 34.8 Å². The van der Waals surface area contributed by atoms with E-state index in [1.54, 1.807) is 30.6 Å². The standard InChI is InChI=1S/C23H16F3N3O2S2/c24-23(25,26)16-4-5-19-18(9-16)29-22(31)20(33-19)10-17-8-14(13-32-17)3-6-21(30)28-12-15-2-1-7-27-11-15/h1-11,13H,12H2,(H,28,30)(H,29,31)/b6-3+,20-10?. The Kier molecular flexibility index (Phi) is 6.66. The third-order valence-electron chi connectivity index (χ3n) is 4.53. The zero-order chi connectivity index (χ0) is 23.4. The predicted molar refractivity (Wildman–Crippen MR) is 123 cm³/mol. The number of thiophene rings is 1. The number of halogens is 3. The number of nitrogens with zero attached hydrogens (tertiary/aromatic N) is 1. The topological polar surface area (TPSA) is 71.1 Å². The molecule has 1 aliphatic rings. The van der Waals surface area contributed by atoms with Gasteiger partial charge in [-0.05, 0) is 59.0 Å². The smallest absolute Gasteiger partial charge is 0.348 e. The number of carbonyl (C=O) groups excluding carboxylic acids is 2. The molecule has 10 heteroatoms. The lowest BCUT2D eigenvalue weighted by Crippen LogP contribution is -2.20. The number of fused-ring (bicyclic) bond motifs is 1. The summed E-state index contributed by atoms with van der Waals surface area (Å²) in [6, 6.07) is 8.75. The summed E-state index contributed by atoms with van der Waals surface area (Å²) >= 11 is 2.50. The van der Waals surface area contributed by atoms with Gasteiger partial charge in [-0.2, -0.15) is 13.2 Å². The van der Waals surface area contributed by atoms with Gasteiger partial charge in [0.15, 0.2) is 0 Å². The van der Waals surface area contributed by atoms with Gasteiger partial charge in [-0.3, -0.25) is 14.6 Å².